The van der Waals surface area contributed by atoms with Crippen molar-refractivity contribution in [2.24, 2.45) is 0 Å². The Balaban J connectivity index is 3.78. The van der Waals surface area contributed by atoms with Crippen LogP contribution in [0.5, 0.6) is 0 Å². The second-order valence-electron chi connectivity index (χ2n) is 1.61. The molecule has 0 aromatic carbocycles. The summed E-state index contributed by atoms with van der Waals surface area (Å²) in [6.07, 6.45) is 3.29. The van der Waals surface area contributed by atoms with E-state index in [1.807, 2.05) is 5.32 Å². The third-order valence-electron chi connectivity index (χ3n) is 0.766. The third kappa shape index (κ3) is 4.90. The highest BCUT2D eigenvalue weighted by Crippen LogP contribution is 1.89. The number of rotatable bonds is 3. The van der Waals surface area contributed by atoms with Crippen molar-refractivity contribution >= 4 is 6.09 Å². The summed E-state index contributed by atoms with van der Waals surface area (Å²) < 4.78 is 11.1. The van der Waals surface area contributed by atoms with Gasteiger partial charge in [-0.3, -0.25) is 5.32 Å². The van der Waals surface area contributed by atoms with Gasteiger partial charge < -0.3 is 0 Å². The van der Waals surface area contributed by atoms with Crippen LogP contribution >= 0.6 is 0 Å². The molecule has 0 aliphatic heterocycles. The first kappa shape index (κ1) is 9.42. The van der Waals surface area contributed by atoms with Crippen molar-refractivity contribution in [2.45, 2.75) is 0 Å². The minimum Gasteiger partial charge on any atom is -0.289 e. The van der Waals surface area contributed by atoms with Crippen molar-refractivity contribution in [1.29, 1.82) is 0 Å². The first-order valence-corrected chi connectivity index (χ1v) is 2.78. The topological polar surface area (TPSA) is 38.3 Å². The van der Waals surface area contributed by atoms with Crippen LogP contribution in [0.3, 0.4) is 0 Å². The largest absolute Gasteiger partial charge is 0.449 e. The molecule has 0 saturated heterocycles. The Hall–Kier alpha value is -1.58. The van der Waals surface area contributed by atoms with Gasteiger partial charge in [0, 0.05) is 10.2 Å². The number of carbonyl (C=O) groups is 1. The smallest absolute Gasteiger partial charge is 0.289 e. The van der Waals surface area contributed by atoms with Crippen LogP contribution in [0.1, 0.15) is 0 Å². The van der Waals surface area contributed by atoms with Gasteiger partial charge in [0.1, 0.15) is 0 Å². The molecule has 3 nitrogen and oxygen atoms in total. The van der Waals surface area contributed by atoms with Crippen LogP contribution in [-0.4, -0.2) is 6.09 Å². The number of hydrogen-bond donors (Lipinski definition) is 1. The Bertz CT molecular complexity index is 199. The van der Waals surface area contributed by atoms with Gasteiger partial charge >= 0.3 is 6.09 Å². The van der Waals surface area contributed by atoms with Gasteiger partial charge in [-0.1, -0.05) is 25.3 Å². The molecule has 0 heterocycles. The van der Waals surface area contributed by atoms with Gasteiger partial charge in [-0.25, -0.2) is 9.74 Å². The van der Waals surface area contributed by atoms with Crippen molar-refractivity contribution in [3.63, 3.8) is 0 Å². The van der Waals surface area contributed by atoms with Crippen molar-refractivity contribution in [3.05, 3.63) is 37.1 Å². The molecular formula is C7H8FNO2. The number of halogens is 1. The maximum atomic E-state index is 11.1. The predicted octanol–water partition coefficient (Wildman–Crippen LogP) is 1.85. The van der Waals surface area contributed by atoms with Crippen LogP contribution in [0.2, 0.25) is 0 Å². The average Bonchev–Trinajstić information content (AvgIpc) is 2.00. The number of hydrogen-bond acceptors (Lipinski definition) is 2. The van der Waals surface area contributed by atoms with Crippen LogP contribution in [0.4, 0.5) is 9.32 Å². The van der Waals surface area contributed by atoms with E-state index >= 15 is 0 Å². The third-order valence-corrected chi connectivity index (χ3v) is 0.766. The summed E-state index contributed by atoms with van der Waals surface area (Å²) in [5.41, 5.74) is 0.229. The van der Waals surface area contributed by atoms with Gasteiger partial charge in [0.15, 0.2) is 0 Å². The molecule has 0 bridgehead atoms. The highest BCUT2D eigenvalue weighted by atomic mass is 19.3. The second-order valence-corrected chi connectivity index (χ2v) is 1.61. The van der Waals surface area contributed by atoms with Gasteiger partial charge in [0.2, 0.25) is 0 Å². The molecule has 1 amide bonds. The normalized spacial score (nSPS) is 9.18. The van der Waals surface area contributed by atoms with Crippen molar-refractivity contribution in [3.8, 4) is 0 Å². The van der Waals surface area contributed by atoms with Crippen LogP contribution < -0.4 is 5.32 Å². The summed E-state index contributed by atoms with van der Waals surface area (Å²) in [5, 5.41) is 2.00. The Morgan fingerprint density at radius 2 is 2.27 bits per heavy atom. The maximum Gasteiger partial charge on any atom is 0.449 e. The summed E-state index contributed by atoms with van der Waals surface area (Å²) in [6, 6.07) is 0. The Kier molecular flexibility index (Phi) is 4.47. The molecule has 0 fully saturated rings. The van der Waals surface area contributed by atoms with E-state index in [1.165, 1.54) is 12.2 Å². The molecule has 0 aliphatic carbocycles. The fourth-order valence-electron chi connectivity index (χ4n) is 0.376. The van der Waals surface area contributed by atoms with E-state index < -0.39 is 6.09 Å². The Morgan fingerprint density at radius 3 is 2.73 bits per heavy atom. The monoisotopic (exact) mass is 157 g/mol. The Labute approximate surface area is 63.8 Å². The molecular weight excluding hydrogens is 149 g/mol. The second kappa shape index (κ2) is 5.22. The lowest BCUT2D eigenvalue weighted by atomic mass is 10.4. The van der Waals surface area contributed by atoms with E-state index in [0.717, 1.165) is 0 Å². The van der Waals surface area contributed by atoms with Gasteiger partial charge in [-0.05, 0) is 6.08 Å². The standard InChI is InChI=1S/C7H8FNO2/c1-3-4-5-6(2)9-7(10)11-8/h3-5H,1-2H2,(H,9,10)/b5-4-. The van der Waals surface area contributed by atoms with Crippen LogP contribution in [0.25, 0.3) is 0 Å². The van der Waals surface area contributed by atoms with E-state index in [0.29, 0.717) is 0 Å². The fraction of sp³-hybridized carbons (Fsp3) is 0. The molecule has 60 valence electrons. The zero-order chi connectivity index (χ0) is 8.69. The summed E-state index contributed by atoms with van der Waals surface area (Å²) in [7, 11) is 0. The van der Waals surface area contributed by atoms with Crippen molar-refractivity contribution in [2.75, 3.05) is 0 Å². The first-order valence-electron chi connectivity index (χ1n) is 2.78. The van der Waals surface area contributed by atoms with Gasteiger partial charge in [0.25, 0.3) is 0 Å². The highest BCUT2D eigenvalue weighted by Gasteiger charge is 1.99. The Morgan fingerprint density at radius 1 is 1.64 bits per heavy atom. The van der Waals surface area contributed by atoms with Gasteiger partial charge in [-0.15, -0.1) is 0 Å². The van der Waals surface area contributed by atoms with E-state index in [9.17, 15) is 9.32 Å². The zero-order valence-electron chi connectivity index (χ0n) is 5.84. The molecule has 0 saturated carbocycles. The number of carbonyl (C=O) groups excluding carboxylic acids is 1. The molecule has 0 unspecified atom stereocenters. The van der Waals surface area contributed by atoms with Crippen LogP contribution in [-0.2, 0) is 4.94 Å². The summed E-state index contributed by atoms with van der Waals surface area (Å²) in [5.74, 6) is 0. The van der Waals surface area contributed by atoms with Gasteiger partial charge in [0.05, 0.1) is 0 Å². The van der Waals surface area contributed by atoms with E-state index in [4.69, 9.17) is 0 Å². The first-order chi connectivity index (χ1) is 5.20. The van der Waals surface area contributed by atoms with E-state index in [1.54, 1.807) is 6.08 Å². The molecule has 4 heteroatoms. The molecule has 0 aliphatic rings. The lowest BCUT2D eigenvalue weighted by Gasteiger charge is -1.97. The molecule has 0 spiro atoms. The number of allylic oxidation sites excluding steroid dienone is 3. The molecule has 0 aromatic heterocycles. The molecule has 0 aromatic rings. The summed E-state index contributed by atoms with van der Waals surface area (Å²) in [6.45, 7) is 6.75. The number of nitrogens with one attached hydrogen (secondary N) is 1. The van der Waals surface area contributed by atoms with E-state index in [2.05, 4.69) is 18.1 Å². The highest BCUT2D eigenvalue weighted by molar-refractivity contribution is 5.69. The lowest BCUT2D eigenvalue weighted by molar-refractivity contribution is -0.0609. The SMILES string of the molecule is C=C/C=C\C(=C)NC(=O)OF. The minimum absolute atomic E-state index is 0.229. The molecule has 0 radical (unpaired) electrons. The van der Waals surface area contributed by atoms with Crippen molar-refractivity contribution < 1.29 is 14.3 Å². The predicted molar refractivity (Wildman–Crippen MR) is 39.2 cm³/mol. The van der Waals surface area contributed by atoms with Crippen molar-refractivity contribution in [1.82, 2.24) is 5.32 Å². The molecule has 1 N–H and O–H groups in total. The lowest BCUT2D eigenvalue weighted by Crippen LogP contribution is -2.19. The van der Waals surface area contributed by atoms with Gasteiger partial charge in [-0.2, -0.15) is 0 Å². The molecule has 0 atom stereocenters. The molecule has 0 rings (SSSR count). The zero-order valence-corrected chi connectivity index (χ0v) is 5.84. The summed E-state index contributed by atoms with van der Waals surface area (Å²) >= 11 is 0. The summed E-state index contributed by atoms with van der Waals surface area (Å²) in [4.78, 5) is 13.0. The molecule has 11 heavy (non-hydrogen) atoms. The van der Waals surface area contributed by atoms with E-state index in [-0.39, 0.29) is 5.70 Å². The number of amides is 1. The maximum absolute atomic E-state index is 11.1. The van der Waals surface area contributed by atoms with Crippen LogP contribution in [0.15, 0.2) is 37.1 Å². The van der Waals surface area contributed by atoms with Crippen LogP contribution in [0, 0.1) is 0 Å². The fourth-order valence-corrected chi connectivity index (χ4v) is 0.376. The quantitative estimate of drug-likeness (QED) is 0.635. The average molecular weight is 157 g/mol. The minimum atomic E-state index is -1.19.